The van der Waals surface area contributed by atoms with Crippen molar-refractivity contribution in [2.24, 2.45) is 5.92 Å². The molecular formula is C12H24OSi. The number of hydrogen-bond donors (Lipinski definition) is 1. The zero-order valence-electron chi connectivity index (χ0n) is 9.84. The fourth-order valence-corrected chi connectivity index (χ4v) is 4.75. The Morgan fingerprint density at radius 3 is 2.07 bits per heavy atom. The van der Waals surface area contributed by atoms with Crippen LogP contribution in [0.2, 0.25) is 19.6 Å². The standard InChI is InChI=1S/C12H24OSi/c1-5-12(13,14(2,3)4)11-9-7-6-8-10-11/h5,11,13H,1,6-10H2,2-4H3. The molecule has 1 rings (SSSR count). The summed E-state index contributed by atoms with van der Waals surface area (Å²) >= 11 is 0. The van der Waals surface area contributed by atoms with Gasteiger partial charge in [0.2, 0.25) is 0 Å². The smallest absolute Gasteiger partial charge is 0.0873 e. The quantitative estimate of drug-likeness (QED) is 0.562. The van der Waals surface area contributed by atoms with Crippen LogP contribution in [0.25, 0.3) is 0 Å². The second kappa shape index (κ2) is 4.19. The SMILES string of the molecule is C=CC(O)(C1CCCCC1)[Si](C)(C)C. The fraction of sp³-hybridized carbons (Fsp3) is 0.833. The molecule has 82 valence electrons. The molecule has 1 N–H and O–H groups in total. The van der Waals surface area contributed by atoms with Gasteiger partial charge in [-0.1, -0.05) is 45.0 Å². The normalized spacial score (nSPS) is 24.3. The van der Waals surface area contributed by atoms with Crippen molar-refractivity contribution in [2.45, 2.75) is 57.0 Å². The Bertz CT molecular complexity index is 201. The highest BCUT2D eigenvalue weighted by Crippen LogP contribution is 2.38. The van der Waals surface area contributed by atoms with Crippen molar-refractivity contribution in [3.8, 4) is 0 Å². The molecule has 0 radical (unpaired) electrons. The van der Waals surface area contributed by atoms with Gasteiger partial charge in [0.1, 0.15) is 0 Å². The maximum Gasteiger partial charge on any atom is 0.0873 e. The van der Waals surface area contributed by atoms with Gasteiger partial charge in [-0.2, -0.15) is 0 Å². The first-order valence-electron chi connectivity index (χ1n) is 5.78. The first kappa shape index (κ1) is 12.0. The minimum Gasteiger partial charge on any atom is -0.389 e. The van der Waals surface area contributed by atoms with E-state index in [4.69, 9.17) is 0 Å². The molecule has 1 nitrogen and oxygen atoms in total. The Hall–Kier alpha value is -0.0831. The van der Waals surface area contributed by atoms with Crippen LogP contribution in [-0.4, -0.2) is 18.4 Å². The minimum atomic E-state index is -1.56. The van der Waals surface area contributed by atoms with E-state index in [0.29, 0.717) is 5.92 Å². The highest BCUT2D eigenvalue weighted by Gasteiger charge is 2.45. The van der Waals surface area contributed by atoms with Crippen molar-refractivity contribution in [1.82, 2.24) is 0 Å². The van der Waals surface area contributed by atoms with Crippen molar-refractivity contribution < 1.29 is 5.11 Å². The third kappa shape index (κ3) is 2.11. The molecule has 0 aliphatic heterocycles. The summed E-state index contributed by atoms with van der Waals surface area (Å²) in [7, 11) is -1.56. The summed E-state index contributed by atoms with van der Waals surface area (Å²) in [6.45, 7) is 10.6. The second-order valence-corrected chi connectivity index (χ2v) is 10.9. The van der Waals surface area contributed by atoms with Crippen LogP contribution in [0.1, 0.15) is 32.1 Å². The molecule has 1 aliphatic rings. The summed E-state index contributed by atoms with van der Waals surface area (Å²) in [5.41, 5.74) is 0. The Morgan fingerprint density at radius 2 is 1.71 bits per heavy atom. The molecule has 0 saturated heterocycles. The van der Waals surface area contributed by atoms with Crippen molar-refractivity contribution in [1.29, 1.82) is 0 Å². The van der Waals surface area contributed by atoms with Crippen LogP contribution in [0.4, 0.5) is 0 Å². The minimum absolute atomic E-state index is 0.473. The van der Waals surface area contributed by atoms with Crippen LogP contribution in [0.3, 0.4) is 0 Å². The molecule has 0 amide bonds. The molecule has 1 fully saturated rings. The van der Waals surface area contributed by atoms with Gasteiger partial charge < -0.3 is 5.11 Å². The van der Waals surface area contributed by atoms with E-state index in [0.717, 1.165) is 0 Å². The van der Waals surface area contributed by atoms with E-state index in [1.54, 1.807) is 0 Å². The van der Waals surface area contributed by atoms with E-state index in [1.807, 2.05) is 6.08 Å². The Balaban J connectivity index is 2.82. The van der Waals surface area contributed by atoms with Crippen molar-refractivity contribution in [3.63, 3.8) is 0 Å². The van der Waals surface area contributed by atoms with Gasteiger partial charge in [-0.25, -0.2) is 0 Å². The molecule has 1 unspecified atom stereocenters. The lowest BCUT2D eigenvalue weighted by molar-refractivity contribution is 0.0750. The average Bonchev–Trinajstić information content (AvgIpc) is 2.16. The van der Waals surface area contributed by atoms with Crippen LogP contribution in [0.15, 0.2) is 12.7 Å². The molecule has 1 aliphatic carbocycles. The number of aliphatic hydroxyl groups is 1. The molecule has 0 aromatic heterocycles. The summed E-state index contributed by atoms with van der Waals surface area (Å²) in [5.74, 6) is 0.473. The van der Waals surface area contributed by atoms with Crippen molar-refractivity contribution in [3.05, 3.63) is 12.7 Å². The van der Waals surface area contributed by atoms with E-state index in [1.165, 1.54) is 32.1 Å². The van der Waals surface area contributed by atoms with Gasteiger partial charge >= 0.3 is 0 Å². The van der Waals surface area contributed by atoms with Gasteiger partial charge in [-0.3, -0.25) is 0 Å². The third-order valence-corrected chi connectivity index (χ3v) is 6.76. The molecular weight excluding hydrogens is 188 g/mol. The summed E-state index contributed by atoms with van der Waals surface area (Å²) in [6, 6.07) is 0. The number of hydrogen-bond acceptors (Lipinski definition) is 1. The summed E-state index contributed by atoms with van der Waals surface area (Å²) in [4.78, 5) is 0. The third-order valence-electron chi connectivity index (χ3n) is 3.74. The lowest BCUT2D eigenvalue weighted by Crippen LogP contribution is -2.56. The summed E-state index contributed by atoms with van der Waals surface area (Å²) in [5, 5.41) is 10.2. The molecule has 1 atom stereocenters. The van der Waals surface area contributed by atoms with Crippen LogP contribution in [-0.2, 0) is 0 Å². The Labute approximate surface area is 89.2 Å². The first-order valence-corrected chi connectivity index (χ1v) is 9.28. The Kier molecular flexibility index (Phi) is 3.59. The van der Waals surface area contributed by atoms with Gasteiger partial charge in [0.05, 0.1) is 13.3 Å². The lowest BCUT2D eigenvalue weighted by atomic mass is 9.85. The molecule has 2 heteroatoms. The number of rotatable bonds is 3. The van der Waals surface area contributed by atoms with Crippen LogP contribution >= 0.6 is 0 Å². The molecule has 0 aromatic rings. The van der Waals surface area contributed by atoms with Gasteiger partial charge in [-0.05, 0) is 18.8 Å². The average molecular weight is 212 g/mol. The van der Waals surface area contributed by atoms with E-state index in [2.05, 4.69) is 26.2 Å². The van der Waals surface area contributed by atoms with Gasteiger partial charge in [0, 0.05) is 0 Å². The highest BCUT2D eigenvalue weighted by molar-refractivity contribution is 6.79. The van der Waals surface area contributed by atoms with Crippen LogP contribution in [0.5, 0.6) is 0 Å². The summed E-state index contributed by atoms with van der Waals surface area (Å²) < 4.78 is 0. The van der Waals surface area contributed by atoms with Crippen LogP contribution in [0, 0.1) is 5.92 Å². The maximum atomic E-state index is 10.7. The van der Waals surface area contributed by atoms with E-state index < -0.39 is 13.3 Å². The van der Waals surface area contributed by atoms with Gasteiger partial charge in [0.15, 0.2) is 0 Å². The second-order valence-electron chi connectivity index (χ2n) is 5.61. The zero-order chi connectivity index (χ0) is 10.8. The molecule has 1 saturated carbocycles. The molecule has 0 heterocycles. The molecule has 14 heavy (non-hydrogen) atoms. The van der Waals surface area contributed by atoms with E-state index >= 15 is 0 Å². The van der Waals surface area contributed by atoms with Crippen molar-refractivity contribution in [2.75, 3.05) is 0 Å². The van der Waals surface area contributed by atoms with Crippen LogP contribution < -0.4 is 0 Å². The van der Waals surface area contributed by atoms with E-state index in [-0.39, 0.29) is 0 Å². The van der Waals surface area contributed by atoms with Crippen molar-refractivity contribution >= 4 is 8.07 Å². The van der Waals surface area contributed by atoms with Gasteiger partial charge in [0.25, 0.3) is 0 Å². The fourth-order valence-electron chi connectivity index (χ4n) is 2.63. The highest BCUT2D eigenvalue weighted by atomic mass is 28.3. The predicted octanol–water partition coefficient (Wildman–Crippen LogP) is 3.36. The largest absolute Gasteiger partial charge is 0.389 e. The molecule has 0 spiro atoms. The monoisotopic (exact) mass is 212 g/mol. The molecule has 0 aromatic carbocycles. The lowest BCUT2D eigenvalue weighted by Gasteiger charge is -2.44. The Morgan fingerprint density at radius 1 is 1.21 bits per heavy atom. The maximum absolute atomic E-state index is 10.7. The zero-order valence-corrected chi connectivity index (χ0v) is 10.8. The van der Waals surface area contributed by atoms with Gasteiger partial charge in [-0.15, -0.1) is 6.58 Å². The first-order chi connectivity index (χ1) is 6.42. The predicted molar refractivity (Wildman–Crippen MR) is 65.1 cm³/mol. The summed E-state index contributed by atoms with van der Waals surface area (Å²) in [6.07, 6.45) is 8.11. The topological polar surface area (TPSA) is 20.2 Å². The molecule has 0 bridgehead atoms. The van der Waals surface area contributed by atoms with E-state index in [9.17, 15) is 5.11 Å².